The van der Waals surface area contributed by atoms with Crippen LogP contribution in [0.3, 0.4) is 0 Å². The average Bonchev–Trinajstić information content (AvgIpc) is 2.29. The standard InChI is InChI=1S/C10H12P/c1-11(2)8-7-9-5-3-4-6-10(9)11/h3-8H,1-2H3. The summed E-state index contributed by atoms with van der Waals surface area (Å²) in [5, 5.41) is 1.56. The Hall–Kier alpha value is -0.610. The molecule has 2 rings (SSSR count). The van der Waals surface area contributed by atoms with Gasteiger partial charge in [-0.1, -0.05) is 43.4 Å². The number of rotatable bonds is 0. The first-order valence-electron chi connectivity index (χ1n) is 3.83. The molecule has 11 heavy (non-hydrogen) atoms. The van der Waals surface area contributed by atoms with Crippen LogP contribution in [-0.2, 0) is 0 Å². The lowest BCUT2D eigenvalue weighted by molar-refractivity contribution is 1.73. The van der Waals surface area contributed by atoms with Crippen LogP contribution in [0.4, 0.5) is 0 Å². The quantitative estimate of drug-likeness (QED) is 0.515. The zero-order valence-electron chi connectivity index (χ0n) is 6.91. The van der Waals surface area contributed by atoms with Gasteiger partial charge in [0, 0.05) is 0 Å². The van der Waals surface area contributed by atoms with E-state index >= 15 is 0 Å². The summed E-state index contributed by atoms with van der Waals surface area (Å²) in [6, 6.07) is 8.69. The van der Waals surface area contributed by atoms with Crippen molar-refractivity contribution in [1.82, 2.24) is 0 Å². The fourth-order valence-corrected chi connectivity index (χ4v) is 3.48. The summed E-state index contributed by atoms with van der Waals surface area (Å²) in [6.45, 7) is 4.71. The summed E-state index contributed by atoms with van der Waals surface area (Å²) >= 11 is 0. The Bertz CT molecular complexity index is 310. The fourth-order valence-electron chi connectivity index (χ4n) is 1.50. The molecule has 1 heterocycles. The molecular weight excluding hydrogens is 151 g/mol. The monoisotopic (exact) mass is 163 g/mol. The normalized spacial score (nSPS) is 18.4. The SMILES string of the molecule is C[P]1(C)C=Cc2ccccc21. The zero-order valence-corrected chi connectivity index (χ0v) is 7.81. The summed E-state index contributed by atoms with van der Waals surface area (Å²) < 4.78 is 0. The summed E-state index contributed by atoms with van der Waals surface area (Å²) in [5.74, 6) is 2.37. The molecule has 0 spiro atoms. The lowest BCUT2D eigenvalue weighted by Gasteiger charge is -2.19. The number of hydrogen-bond donors (Lipinski definition) is 0. The van der Waals surface area contributed by atoms with Crippen molar-refractivity contribution < 1.29 is 0 Å². The lowest BCUT2D eigenvalue weighted by Crippen LogP contribution is -2.05. The minimum atomic E-state index is -0.864. The molecule has 1 aromatic rings. The Morgan fingerprint density at radius 3 is 2.55 bits per heavy atom. The maximum Gasteiger partial charge on any atom is -0.0178 e. The zero-order chi connectivity index (χ0) is 7.90. The molecule has 0 saturated heterocycles. The van der Waals surface area contributed by atoms with Crippen molar-refractivity contribution in [3.05, 3.63) is 35.6 Å². The molecule has 1 radical (unpaired) electrons. The Morgan fingerprint density at radius 1 is 1.09 bits per heavy atom. The highest BCUT2D eigenvalue weighted by molar-refractivity contribution is 7.85. The van der Waals surface area contributed by atoms with E-state index in [1.165, 1.54) is 5.56 Å². The first kappa shape index (κ1) is 7.06. The van der Waals surface area contributed by atoms with Gasteiger partial charge in [-0.25, -0.2) is 0 Å². The fraction of sp³-hybridized carbons (Fsp3) is 0.200. The summed E-state index contributed by atoms with van der Waals surface area (Å²) in [7, 11) is -0.864. The van der Waals surface area contributed by atoms with Crippen LogP contribution in [0.2, 0.25) is 0 Å². The second-order valence-corrected chi connectivity index (χ2v) is 7.27. The van der Waals surface area contributed by atoms with Crippen molar-refractivity contribution >= 4 is 18.6 Å². The number of fused-ring (bicyclic) bond motifs is 1. The molecular formula is C10H12P. The molecule has 0 saturated carbocycles. The molecule has 1 aliphatic heterocycles. The van der Waals surface area contributed by atoms with E-state index in [0.717, 1.165) is 0 Å². The second-order valence-electron chi connectivity index (χ2n) is 3.41. The maximum absolute atomic E-state index is 2.37. The van der Waals surface area contributed by atoms with E-state index in [4.69, 9.17) is 0 Å². The molecule has 0 N–H and O–H groups in total. The number of benzene rings is 1. The third kappa shape index (κ3) is 1.02. The molecule has 0 amide bonds. The van der Waals surface area contributed by atoms with Gasteiger partial charge >= 0.3 is 0 Å². The van der Waals surface area contributed by atoms with E-state index in [1.807, 2.05) is 0 Å². The van der Waals surface area contributed by atoms with E-state index < -0.39 is 7.26 Å². The average molecular weight is 163 g/mol. The van der Waals surface area contributed by atoms with Gasteiger partial charge in [0.1, 0.15) is 0 Å². The molecule has 0 aromatic heterocycles. The molecule has 0 atom stereocenters. The minimum Gasteiger partial charge on any atom is -0.0826 e. The van der Waals surface area contributed by atoms with Gasteiger partial charge < -0.3 is 0 Å². The Balaban J connectivity index is 2.64. The maximum atomic E-state index is 2.37. The molecule has 1 heteroatoms. The van der Waals surface area contributed by atoms with E-state index in [1.54, 1.807) is 5.30 Å². The molecule has 0 bridgehead atoms. The third-order valence-corrected chi connectivity index (χ3v) is 4.73. The van der Waals surface area contributed by atoms with Crippen LogP contribution < -0.4 is 5.30 Å². The number of hydrogen-bond acceptors (Lipinski definition) is 0. The van der Waals surface area contributed by atoms with Gasteiger partial charge in [-0.05, 0) is 24.2 Å². The first-order valence-corrected chi connectivity index (χ1v) is 6.58. The van der Waals surface area contributed by atoms with Crippen molar-refractivity contribution in [3.8, 4) is 0 Å². The Labute approximate surface area is 68.3 Å². The van der Waals surface area contributed by atoms with Gasteiger partial charge in [-0.15, -0.1) is 0 Å². The van der Waals surface area contributed by atoms with Gasteiger partial charge in [0.15, 0.2) is 0 Å². The van der Waals surface area contributed by atoms with Gasteiger partial charge in [-0.3, -0.25) is 0 Å². The van der Waals surface area contributed by atoms with Crippen LogP contribution in [0.5, 0.6) is 0 Å². The van der Waals surface area contributed by atoms with Crippen LogP contribution in [0, 0.1) is 0 Å². The molecule has 0 aliphatic carbocycles. The first-order chi connectivity index (χ1) is 5.20. The summed E-state index contributed by atoms with van der Waals surface area (Å²) in [4.78, 5) is 0. The van der Waals surface area contributed by atoms with Crippen LogP contribution in [0.1, 0.15) is 5.56 Å². The van der Waals surface area contributed by atoms with Crippen molar-refractivity contribution in [1.29, 1.82) is 0 Å². The van der Waals surface area contributed by atoms with E-state index in [-0.39, 0.29) is 0 Å². The molecule has 0 fully saturated rings. The van der Waals surface area contributed by atoms with Gasteiger partial charge in [0.2, 0.25) is 0 Å². The van der Waals surface area contributed by atoms with E-state index in [0.29, 0.717) is 0 Å². The van der Waals surface area contributed by atoms with Crippen LogP contribution in [-0.4, -0.2) is 13.3 Å². The van der Waals surface area contributed by atoms with Crippen molar-refractivity contribution in [3.63, 3.8) is 0 Å². The molecule has 1 aromatic carbocycles. The predicted octanol–water partition coefficient (Wildman–Crippen LogP) is 2.57. The van der Waals surface area contributed by atoms with Crippen molar-refractivity contribution in [2.45, 2.75) is 0 Å². The highest BCUT2D eigenvalue weighted by Gasteiger charge is 2.21. The largest absolute Gasteiger partial charge is 0.0826 e. The molecule has 1 aliphatic rings. The van der Waals surface area contributed by atoms with Crippen LogP contribution in [0.15, 0.2) is 30.1 Å². The van der Waals surface area contributed by atoms with Crippen LogP contribution >= 0.6 is 7.26 Å². The smallest absolute Gasteiger partial charge is 0.0178 e. The second kappa shape index (κ2) is 2.19. The summed E-state index contributed by atoms with van der Waals surface area (Å²) in [6.07, 6.45) is 2.25. The highest BCUT2D eigenvalue weighted by atomic mass is 31.2. The van der Waals surface area contributed by atoms with E-state index in [9.17, 15) is 0 Å². The highest BCUT2D eigenvalue weighted by Crippen LogP contribution is 2.55. The van der Waals surface area contributed by atoms with Crippen LogP contribution in [0.25, 0.3) is 6.08 Å². The van der Waals surface area contributed by atoms with E-state index in [2.05, 4.69) is 49.5 Å². The third-order valence-electron chi connectivity index (χ3n) is 2.18. The summed E-state index contributed by atoms with van der Waals surface area (Å²) in [5.41, 5.74) is 1.42. The van der Waals surface area contributed by atoms with Crippen molar-refractivity contribution in [2.75, 3.05) is 13.3 Å². The van der Waals surface area contributed by atoms with Crippen molar-refractivity contribution in [2.24, 2.45) is 0 Å². The van der Waals surface area contributed by atoms with Gasteiger partial charge in [0.25, 0.3) is 0 Å². The Kier molecular flexibility index (Phi) is 1.40. The topological polar surface area (TPSA) is 0 Å². The molecule has 0 nitrogen and oxygen atoms in total. The molecule has 0 unspecified atom stereocenters. The lowest BCUT2D eigenvalue weighted by atomic mass is 10.2. The Morgan fingerprint density at radius 2 is 1.82 bits per heavy atom. The van der Waals surface area contributed by atoms with Gasteiger partial charge in [-0.2, -0.15) is 0 Å². The van der Waals surface area contributed by atoms with Gasteiger partial charge in [0.05, 0.1) is 0 Å². The predicted molar refractivity (Wildman–Crippen MR) is 53.9 cm³/mol. The minimum absolute atomic E-state index is 0.864. The molecule has 57 valence electrons.